The molecule has 0 unspecified atom stereocenters. The van der Waals surface area contributed by atoms with Gasteiger partial charge < -0.3 is 10.1 Å². The molecule has 194 valence electrons. The Kier molecular flexibility index (Phi) is 5.01. The lowest BCUT2D eigenvalue weighted by Crippen LogP contribution is -2.32. The van der Waals surface area contributed by atoms with E-state index in [0.717, 1.165) is 22.9 Å². The molecule has 6 aromatic rings. The molecule has 2 aliphatic heterocycles. The van der Waals surface area contributed by atoms with Crippen molar-refractivity contribution in [3.8, 4) is 22.6 Å². The SMILES string of the molecule is c1ccc2c(c1)Oc1cc(Nc3ccc4c(c3)Sc3ccccc3S4)ccc1C21c2ccccc2-c2ccccc21. The van der Waals surface area contributed by atoms with E-state index in [1.807, 2.05) is 23.5 Å². The molecule has 0 atom stereocenters. The Labute approximate surface area is 247 Å². The van der Waals surface area contributed by atoms with Crippen molar-refractivity contribution in [2.45, 2.75) is 25.0 Å². The first-order valence-corrected chi connectivity index (χ1v) is 15.4. The fourth-order valence-corrected chi connectivity index (χ4v) is 8.97. The molecule has 3 aliphatic rings. The average Bonchev–Trinajstić information content (AvgIpc) is 3.31. The van der Waals surface area contributed by atoms with Gasteiger partial charge in [-0.1, -0.05) is 108 Å². The molecule has 6 aromatic carbocycles. The zero-order valence-corrected chi connectivity index (χ0v) is 23.6. The number of ether oxygens (including phenoxy) is 1. The van der Waals surface area contributed by atoms with Crippen LogP contribution in [0.4, 0.5) is 11.4 Å². The van der Waals surface area contributed by atoms with Crippen LogP contribution in [0.15, 0.2) is 153 Å². The van der Waals surface area contributed by atoms with Crippen LogP contribution in [0.5, 0.6) is 11.5 Å². The van der Waals surface area contributed by atoms with E-state index in [0.29, 0.717) is 0 Å². The van der Waals surface area contributed by atoms with Gasteiger partial charge in [0.1, 0.15) is 11.5 Å². The predicted molar refractivity (Wildman–Crippen MR) is 168 cm³/mol. The lowest BCUT2D eigenvalue weighted by molar-refractivity contribution is 0.436. The predicted octanol–water partition coefficient (Wildman–Crippen LogP) is 10.5. The second-order valence-corrected chi connectivity index (χ2v) is 12.8. The Morgan fingerprint density at radius 3 is 1.73 bits per heavy atom. The van der Waals surface area contributed by atoms with E-state index in [9.17, 15) is 0 Å². The quantitative estimate of drug-likeness (QED) is 0.227. The fraction of sp³-hybridized carbons (Fsp3) is 0.0270. The highest BCUT2D eigenvalue weighted by atomic mass is 32.2. The van der Waals surface area contributed by atoms with Crippen LogP contribution in [0.2, 0.25) is 0 Å². The van der Waals surface area contributed by atoms with E-state index in [4.69, 9.17) is 4.74 Å². The molecule has 0 amide bonds. The minimum atomic E-state index is -0.428. The maximum absolute atomic E-state index is 6.65. The van der Waals surface area contributed by atoms with Gasteiger partial charge in [0.15, 0.2) is 0 Å². The first-order valence-electron chi connectivity index (χ1n) is 13.8. The van der Waals surface area contributed by atoms with Gasteiger partial charge in [0, 0.05) is 48.1 Å². The summed E-state index contributed by atoms with van der Waals surface area (Å²) in [7, 11) is 0. The molecule has 1 aliphatic carbocycles. The van der Waals surface area contributed by atoms with E-state index < -0.39 is 5.41 Å². The molecule has 1 N–H and O–H groups in total. The van der Waals surface area contributed by atoms with Gasteiger partial charge in [-0.25, -0.2) is 0 Å². The zero-order valence-electron chi connectivity index (χ0n) is 21.9. The van der Waals surface area contributed by atoms with Crippen molar-refractivity contribution in [1.29, 1.82) is 0 Å². The number of nitrogens with one attached hydrogen (secondary N) is 1. The Morgan fingerprint density at radius 1 is 0.439 bits per heavy atom. The van der Waals surface area contributed by atoms with E-state index in [-0.39, 0.29) is 0 Å². The molecule has 0 aromatic heterocycles. The van der Waals surface area contributed by atoms with Crippen molar-refractivity contribution in [1.82, 2.24) is 0 Å². The number of hydrogen-bond donors (Lipinski definition) is 1. The standard InChI is InChI=1S/C37H23NOS2/c1-3-11-27-25(9-1)26-10-2-4-12-28(26)37(27)29-13-5-6-14-31(29)39-32-21-23(17-19-30(32)37)38-24-18-20-35-36(22-24)41-34-16-8-7-15-33(34)40-35/h1-22,38H. The largest absolute Gasteiger partial charge is 0.457 e. The van der Waals surface area contributed by atoms with Crippen LogP contribution >= 0.6 is 23.5 Å². The topological polar surface area (TPSA) is 21.3 Å². The molecule has 2 nitrogen and oxygen atoms in total. The summed E-state index contributed by atoms with van der Waals surface area (Å²) in [5.74, 6) is 1.79. The van der Waals surface area contributed by atoms with Gasteiger partial charge in [0.25, 0.3) is 0 Å². The second-order valence-electron chi connectivity index (χ2n) is 10.6. The van der Waals surface area contributed by atoms with Crippen molar-refractivity contribution in [2.24, 2.45) is 0 Å². The first-order chi connectivity index (χ1) is 20.3. The van der Waals surface area contributed by atoms with Crippen molar-refractivity contribution in [3.05, 3.63) is 156 Å². The highest BCUT2D eigenvalue weighted by Crippen LogP contribution is 2.62. The van der Waals surface area contributed by atoms with E-state index in [1.54, 1.807) is 0 Å². The molecule has 2 heterocycles. The smallest absolute Gasteiger partial charge is 0.134 e. The Hall–Kier alpha value is -4.38. The molecule has 4 heteroatoms. The number of fused-ring (bicyclic) bond motifs is 11. The summed E-state index contributed by atoms with van der Waals surface area (Å²) < 4.78 is 6.65. The summed E-state index contributed by atoms with van der Waals surface area (Å²) >= 11 is 3.68. The summed E-state index contributed by atoms with van der Waals surface area (Å²) in [4.78, 5) is 5.21. The molecule has 1 spiro atoms. The monoisotopic (exact) mass is 561 g/mol. The number of hydrogen-bond acceptors (Lipinski definition) is 4. The summed E-state index contributed by atoms with van der Waals surface area (Å²) in [6.45, 7) is 0. The van der Waals surface area contributed by atoms with Crippen molar-refractivity contribution in [3.63, 3.8) is 0 Å². The van der Waals surface area contributed by atoms with Crippen LogP contribution < -0.4 is 10.1 Å². The molecule has 0 saturated heterocycles. The first kappa shape index (κ1) is 23.3. The van der Waals surface area contributed by atoms with Crippen LogP contribution in [0, 0.1) is 0 Å². The summed E-state index contributed by atoms with van der Waals surface area (Å²) in [5, 5.41) is 3.67. The van der Waals surface area contributed by atoms with Gasteiger partial charge in [-0.15, -0.1) is 0 Å². The fourth-order valence-electron chi connectivity index (χ4n) is 6.71. The maximum atomic E-state index is 6.65. The minimum absolute atomic E-state index is 0.428. The van der Waals surface area contributed by atoms with Crippen LogP contribution in [-0.2, 0) is 5.41 Å². The van der Waals surface area contributed by atoms with E-state index in [1.165, 1.54) is 53.0 Å². The molecular formula is C37H23NOS2. The summed E-state index contributed by atoms with van der Waals surface area (Å²) in [6, 6.07) is 48.0. The van der Waals surface area contributed by atoms with Gasteiger partial charge in [-0.05, 0) is 64.7 Å². The highest BCUT2D eigenvalue weighted by molar-refractivity contribution is 8.05. The molecular weight excluding hydrogens is 539 g/mol. The molecule has 41 heavy (non-hydrogen) atoms. The van der Waals surface area contributed by atoms with Gasteiger partial charge in [0.05, 0.1) is 5.41 Å². The van der Waals surface area contributed by atoms with Crippen LogP contribution in [0.25, 0.3) is 11.1 Å². The number of rotatable bonds is 2. The summed E-state index contributed by atoms with van der Waals surface area (Å²) in [5.41, 5.74) is 9.21. The maximum Gasteiger partial charge on any atom is 0.134 e. The third-order valence-electron chi connectivity index (χ3n) is 8.37. The van der Waals surface area contributed by atoms with Gasteiger partial charge >= 0.3 is 0 Å². The van der Waals surface area contributed by atoms with Gasteiger partial charge in [-0.3, -0.25) is 0 Å². The Morgan fingerprint density at radius 2 is 0.976 bits per heavy atom. The molecule has 0 bridgehead atoms. The highest BCUT2D eigenvalue weighted by Gasteiger charge is 2.50. The van der Waals surface area contributed by atoms with Crippen LogP contribution in [0.3, 0.4) is 0 Å². The lowest BCUT2D eigenvalue weighted by Gasteiger charge is -2.39. The van der Waals surface area contributed by atoms with Crippen LogP contribution in [0.1, 0.15) is 22.3 Å². The number of anilines is 2. The zero-order chi connectivity index (χ0) is 27.0. The normalized spacial score (nSPS) is 14.5. The van der Waals surface area contributed by atoms with Gasteiger partial charge in [0.2, 0.25) is 0 Å². The summed E-state index contributed by atoms with van der Waals surface area (Å²) in [6.07, 6.45) is 0. The van der Waals surface area contributed by atoms with Crippen molar-refractivity contribution >= 4 is 34.9 Å². The van der Waals surface area contributed by atoms with E-state index in [2.05, 4.69) is 139 Å². The third-order valence-corrected chi connectivity index (χ3v) is 10.9. The Bertz CT molecular complexity index is 1990. The Balaban J connectivity index is 1.16. The van der Waals surface area contributed by atoms with Crippen molar-refractivity contribution in [2.75, 3.05) is 5.32 Å². The van der Waals surface area contributed by atoms with Crippen LogP contribution in [-0.4, -0.2) is 0 Å². The number of benzene rings is 6. The minimum Gasteiger partial charge on any atom is -0.457 e. The lowest BCUT2D eigenvalue weighted by atomic mass is 9.66. The average molecular weight is 562 g/mol. The van der Waals surface area contributed by atoms with Crippen molar-refractivity contribution < 1.29 is 4.74 Å². The molecule has 0 radical (unpaired) electrons. The molecule has 0 fully saturated rings. The molecule has 0 saturated carbocycles. The second kappa shape index (κ2) is 8.81. The molecule has 9 rings (SSSR count). The number of para-hydroxylation sites is 1. The van der Waals surface area contributed by atoms with E-state index >= 15 is 0 Å². The van der Waals surface area contributed by atoms with Gasteiger partial charge in [-0.2, -0.15) is 0 Å². The third kappa shape index (κ3) is 3.35.